The molecule has 0 fully saturated rings. The summed E-state index contributed by atoms with van der Waals surface area (Å²) < 4.78 is 19.1. The average Bonchev–Trinajstić information content (AvgIpc) is 2.49. The Morgan fingerprint density at radius 3 is 2.62 bits per heavy atom. The highest BCUT2D eigenvalue weighted by Crippen LogP contribution is 2.20. The lowest BCUT2D eigenvalue weighted by Crippen LogP contribution is -2.00. The third kappa shape index (κ3) is 4.22. The maximum atomic E-state index is 13.8. The predicted octanol–water partition coefficient (Wildman–Crippen LogP) is 3.96. The molecule has 0 saturated heterocycles. The number of hydrogen-bond donors (Lipinski definition) is 0. The summed E-state index contributed by atoms with van der Waals surface area (Å²) in [6.45, 7) is 0.295. The molecular formula is C16H14FNO3. The average molecular weight is 287 g/mol. The summed E-state index contributed by atoms with van der Waals surface area (Å²) in [6.07, 6.45) is 3.70. The standard InChI is InChI=1S/C16H14FNO3/c17-16-14(9-4-10-15(16)18(19)20)12-21-11-5-8-13-6-2-1-3-7-13/h1-10H,11-12H2/b8-5+. The van der Waals surface area contributed by atoms with Gasteiger partial charge in [0.15, 0.2) is 0 Å². The fourth-order valence-electron chi connectivity index (χ4n) is 1.80. The summed E-state index contributed by atoms with van der Waals surface area (Å²) in [5, 5.41) is 10.6. The van der Waals surface area contributed by atoms with Gasteiger partial charge in [0.25, 0.3) is 0 Å². The van der Waals surface area contributed by atoms with E-state index in [4.69, 9.17) is 4.74 Å². The fourth-order valence-corrected chi connectivity index (χ4v) is 1.80. The number of ether oxygens (including phenoxy) is 1. The number of nitrogens with zero attached hydrogens (tertiary/aromatic N) is 1. The molecule has 0 unspecified atom stereocenters. The van der Waals surface area contributed by atoms with Gasteiger partial charge in [0.1, 0.15) is 0 Å². The normalized spacial score (nSPS) is 10.9. The molecule has 0 aromatic heterocycles. The zero-order valence-corrected chi connectivity index (χ0v) is 11.2. The molecule has 0 heterocycles. The first-order chi connectivity index (χ1) is 10.2. The molecule has 0 aliphatic rings. The first-order valence-corrected chi connectivity index (χ1v) is 6.39. The SMILES string of the molecule is O=[N+]([O-])c1cccc(COC/C=C/c2ccccc2)c1F. The van der Waals surface area contributed by atoms with Gasteiger partial charge in [-0.05, 0) is 5.56 Å². The highest BCUT2D eigenvalue weighted by Gasteiger charge is 2.16. The van der Waals surface area contributed by atoms with E-state index in [1.54, 1.807) is 0 Å². The number of halogens is 1. The van der Waals surface area contributed by atoms with Gasteiger partial charge in [-0.25, -0.2) is 0 Å². The van der Waals surface area contributed by atoms with Crippen molar-refractivity contribution < 1.29 is 14.1 Å². The van der Waals surface area contributed by atoms with Crippen molar-refractivity contribution in [3.05, 3.63) is 81.7 Å². The van der Waals surface area contributed by atoms with Gasteiger partial charge in [-0.1, -0.05) is 54.6 Å². The second-order valence-corrected chi connectivity index (χ2v) is 4.34. The zero-order valence-electron chi connectivity index (χ0n) is 11.2. The predicted molar refractivity (Wildman–Crippen MR) is 78.2 cm³/mol. The van der Waals surface area contributed by atoms with E-state index in [-0.39, 0.29) is 12.2 Å². The summed E-state index contributed by atoms with van der Waals surface area (Å²) in [5.74, 6) is -0.838. The lowest BCUT2D eigenvalue weighted by molar-refractivity contribution is -0.387. The highest BCUT2D eigenvalue weighted by atomic mass is 19.1. The lowest BCUT2D eigenvalue weighted by Gasteiger charge is -2.03. The van der Waals surface area contributed by atoms with Gasteiger partial charge in [-0.3, -0.25) is 10.1 Å². The van der Waals surface area contributed by atoms with Gasteiger partial charge in [-0.15, -0.1) is 0 Å². The van der Waals surface area contributed by atoms with Crippen LogP contribution in [0.1, 0.15) is 11.1 Å². The van der Waals surface area contributed by atoms with Crippen LogP contribution >= 0.6 is 0 Å². The van der Waals surface area contributed by atoms with Crippen LogP contribution < -0.4 is 0 Å². The molecule has 4 nitrogen and oxygen atoms in total. The lowest BCUT2D eigenvalue weighted by atomic mass is 10.2. The van der Waals surface area contributed by atoms with Gasteiger partial charge in [0.05, 0.1) is 18.1 Å². The Hall–Kier alpha value is -2.53. The number of hydrogen-bond acceptors (Lipinski definition) is 3. The molecule has 2 aromatic carbocycles. The molecular weight excluding hydrogens is 273 g/mol. The number of nitro benzene ring substituents is 1. The molecule has 0 aliphatic carbocycles. The Morgan fingerprint density at radius 2 is 1.90 bits per heavy atom. The fraction of sp³-hybridized carbons (Fsp3) is 0.125. The highest BCUT2D eigenvalue weighted by molar-refractivity contribution is 5.48. The van der Waals surface area contributed by atoms with E-state index >= 15 is 0 Å². The van der Waals surface area contributed by atoms with E-state index in [0.29, 0.717) is 6.61 Å². The van der Waals surface area contributed by atoms with Crippen molar-refractivity contribution in [2.45, 2.75) is 6.61 Å². The van der Waals surface area contributed by atoms with Gasteiger partial charge >= 0.3 is 5.69 Å². The topological polar surface area (TPSA) is 52.4 Å². The van der Waals surface area contributed by atoms with Crippen LogP contribution in [0.25, 0.3) is 6.08 Å². The van der Waals surface area contributed by atoms with Crippen LogP contribution in [-0.2, 0) is 11.3 Å². The molecule has 0 bridgehead atoms. The van der Waals surface area contributed by atoms with E-state index in [1.165, 1.54) is 12.1 Å². The van der Waals surface area contributed by atoms with E-state index in [2.05, 4.69) is 0 Å². The maximum Gasteiger partial charge on any atom is 0.305 e. The van der Waals surface area contributed by atoms with Crippen molar-refractivity contribution in [3.8, 4) is 0 Å². The quantitative estimate of drug-likeness (QED) is 0.459. The molecule has 108 valence electrons. The minimum Gasteiger partial charge on any atom is -0.373 e. The molecule has 0 atom stereocenters. The van der Waals surface area contributed by atoms with Crippen molar-refractivity contribution in [1.29, 1.82) is 0 Å². The molecule has 0 saturated carbocycles. The molecule has 2 rings (SSSR count). The summed E-state index contributed by atoms with van der Waals surface area (Å²) >= 11 is 0. The molecule has 2 aromatic rings. The third-order valence-corrected chi connectivity index (χ3v) is 2.84. The Labute approximate surface area is 121 Å². The van der Waals surface area contributed by atoms with Crippen LogP contribution in [0, 0.1) is 15.9 Å². The van der Waals surface area contributed by atoms with Crippen molar-refractivity contribution in [3.63, 3.8) is 0 Å². The minimum atomic E-state index is -0.838. The molecule has 0 radical (unpaired) electrons. The number of benzene rings is 2. The van der Waals surface area contributed by atoms with Gasteiger partial charge in [0, 0.05) is 11.6 Å². The summed E-state index contributed by atoms with van der Waals surface area (Å²) in [5.41, 5.74) is 0.691. The summed E-state index contributed by atoms with van der Waals surface area (Å²) in [4.78, 5) is 9.88. The second-order valence-electron chi connectivity index (χ2n) is 4.34. The van der Waals surface area contributed by atoms with Crippen LogP contribution in [0.5, 0.6) is 0 Å². The first-order valence-electron chi connectivity index (χ1n) is 6.39. The Balaban J connectivity index is 1.88. The molecule has 5 heteroatoms. The van der Waals surface area contributed by atoms with Gasteiger partial charge < -0.3 is 4.74 Å². The van der Waals surface area contributed by atoms with Crippen molar-refractivity contribution in [1.82, 2.24) is 0 Å². The van der Waals surface area contributed by atoms with Crippen LogP contribution in [0.2, 0.25) is 0 Å². The molecule has 21 heavy (non-hydrogen) atoms. The van der Waals surface area contributed by atoms with Crippen LogP contribution in [0.3, 0.4) is 0 Å². The van der Waals surface area contributed by atoms with E-state index < -0.39 is 16.4 Å². The third-order valence-electron chi connectivity index (χ3n) is 2.84. The number of rotatable bonds is 6. The monoisotopic (exact) mass is 287 g/mol. The van der Waals surface area contributed by atoms with E-state index in [1.807, 2.05) is 42.5 Å². The maximum absolute atomic E-state index is 13.8. The molecule has 0 amide bonds. The van der Waals surface area contributed by atoms with Crippen molar-refractivity contribution in [2.24, 2.45) is 0 Å². The van der Waals surface area contributed by atoms with Gasteiger partial charge in [-0.2, -0.15) is 4.39 Å². The van der Waals surface area contributed by atoms with Crippen LogP contribution in [0.15, 0.2) is 54.6 Å². The largest absolute Gasteiger partial charge is 0.373 e. The van der Waals surface area contributed by atoms with E-state index in [0.717, 1.165) is 11.6 Å². The van der Waals surface area contributed by atoms with Gasteiger partial charge in [0.2, 0.25) is 5.82 Å². The minimum absolute atomic E-state index is 0.00730. The Bertz CT molecular complexity index is 641. The second kappa shape index (κ2) is 7.31. The Morgan fingerprint density at radius 1 is 1.14 bits per heavy atom. The van der Waals surface area contributed by atoms with E-state index in [9.17, 15) is 14.5 Å². The zero-order chi connectivity index (χ0) is 15.1. The van der Waals surface area contributed by atoms with Crippen molar-refractivity contribution in [2.75, 3.05) is 6.61 Å². The van der Waals surface area contributed by atoms with Crippen LogP contribution in [-0.4, -0.2) is 11.5 Å². The molecule has 0 spiro atoms. The molecule has 0 aliphatic heterocycles. The number of nitro groups is 1. The van der Waals surface area contributed by atoms with Crippen molar-refractivity contribution >= 4 is 11.8 Å². The van der Waals surface area contributed by atoms with Crippen LogP contribution in [0.4, 0.5) is 10.1 Å². The summed E-state index contributed by atoms with van der Waals surface area (Å²) in [7, 11) is 0. The molecule has 0 N–H and O–H groups in total. The summed E-state index contributed by atoms with van der Waals surface area (Å²) in [6, 6.07) is 13.8. The smallest absolute Gasteiger partial charge is 0.305 e. The first kappa shape index (κ1) is 14.9. The Kier molecular flexibility index (Phi) is 5.17.